The van der Waals surface area contributed by atoms with Gasteiger partial charge in [-0.1, -0.05) is 35.9 Å². The van der Waals surface area contributed by atoms with Gasteiger partial charge in [0.1, 0.15) is 0 Å². The van der Waals surface area contributed by atoms with Gasteiger partial charge in [0.15, 0.2) is 0 Å². The van der Waals surface area contributed by atoms with Crippen molar-refractivity contribution in [3.05, 3.63) is 57.8 Å². The zero-order valence-corrected chi connectivity index (χ0v) is 12.3. The molecule has 1 atom stereocenters. The lowest BCUT2D eigenvalue weighted by atomic mass is 9.95. The summed E-state index contributed by atoms with van der Waals surface area (Å²) in [6, 6.07) is 13.1. The lowest BCUT2D eigenvalue weighted by Gasteiger charge is -2.13. The molecule has 1 heterocycles. The van der Waals surface area contributed by atoms with Crippen molar-refractivity contribution in [3.63, 3.8) is 0 Å². The third kappa shape index (κ3) is 4.15. The minimum absolute atomic E-state index is 0.580. The van der Waals surface area contributed by atoms with Crippen molar-refractivity contribution < 1.29 is 0 Å². The Morgan fingerprint density at radius 2 is 1.94 bits per heavy atom. The van der Waals surface area contributed by atoms with E-state index >= 15 is 0 Å². The predicted molar refractivity (Wildman–Crippen MR) is 81.7 cm³/mol. The molecule has 0 aliphatic heterocycles. The molecule has 2 rings (SSSR count). The molecular formula is C16H19ClS. The van der Waals surface area contributed by atoms with Gasteiger partial charge in [0, 0.05) is 10.8 Å². The molecule has 0 radical (unpaired) electrons. The lowest BCUT2D eigenvalue weighted by Crippen LogP contribution is -2.07. The maximum atomic E-state index is 6.09. The number of hydrogen-bond donors (Lipinski definition) is 0. The van der Waals surface area contributed by atoms with Crippen LogP contribution in [-0.2, 0) is 12.8 Å². The molecule has 18 heavy (non-hydrogen) atoms. The summed E-state index contributed by atoms with van der Waals surface area (Å²) in [7, 11) is 0. The summed E-state index contributed by atoms with van der Waals surface area (Å²) in [5, 5.41) is 2.14. The van der Waals surface area contributed by atoms with Gasteiger partial charge in [0.05, 0.1) is 0 Å². The van der Waals surface area contributed by atoms with E-state index in [9.17, 15) is 0 Å². The van der Waals surface area contributed by atoms with Crippen molar-refractivity contribution in [1.29, 1.82) is 0 Å². The molecule has 0 saturated carbocycles. The van der Waals surface area contributed by atoms with Crippen LogP contribution in [0.3, 0.4) is 0 Å². The summed E-state index contributed by atoms with van der Waals surface area (Å²) in [6.07, 6.45) is 3.42. The summed E-state index contributed by atoms with van der Waals surface area (Å²) in [4.78, 5) is 1.47. The molecule has 0 nitrogen and oxygen atoms in total. The number of halogens is 1. The Bertz CT molecular complexity index is 444. The van der Waals surface area contributed by atoms with E-state index in [2.05, 4.69) is 48.7 Å². The number of aryl methyl sites for hydroxylation is 2. The second kappa shape index (κ2) is 6.96. The van der Waals surface area contributed by atoms with Gasteiger partial charge < -0.3 is 0 Å². The number of alkyl halides is 1. The first kappa shape index (κ1) is 13.6. The summed E-state index contributed by atoms with van der Waals surface area (Å²) in [5.41, 5.74) is 2.72. The highest BCUT2D eigenvalue weighted by atomic mass is 35.5. The Morgan fingerprint density at radius 1 is 1.17 bits per heavy atom. The van der Waals surface area contributed by atoms with Crippen LogP contribution in [0.2, 0.25) is 0 Å². The topological polar surface area (TPSA) is 0 Å². The SMILES string of the molecule is Cc1ccc(CC(CCl)CCc2cccs2)cc1. The second-order valence-electron chi connectivity index (χ2n) is 4.83. The largest absolute Gasteiger partial charge is 0.149 e. The number of thiophene rings is 1. The average Bonchev–Trinajstić information content (AvgIpc) is 2.90. The van der Waals surface area contributed by atoms with E-state index in [0.717, 1.165) is 18.7 Å². The van der Waals surface area contributed by atoms with E-state index in [-0.39, 0.29) is 0 Å². The van der Waals surface area contributed by atoms with E-state index in [1.807, 2.05) is 11.3 Å². The predicted octanol–water partition coefficient (Wildman–Crippen LogP) is 5.09. The maximum Gasteiger partial charge on any atom is 0.0255 e. The van der Waals surface area contributed by atoms with E-state index in [1.54, 1.807) is 0 Å². The van der Waals surface area contributed by atoms with Crippen LogP contribution in [0, 0.1) is 12.8 Å². The molecule has 0 bridgehead atoms. The fraction of sp³-hybridized carbons (Fsp3) is 0.375. The van der Waals surface area contributed by atoms with Crippen LogP contribution < -0.4 is 0 Å². The van der Waals surface area contributed by atoms with Crippen LogP contribution in [0.5, 0.6) is 0 Å². The molecule has 1 aromatic heterocycles. The first-order valence-electron chi connectivity index (χ1n) is 6.42. The second-order valence-corrected chi connectivity index (χ2v) is 6.17. The first-order valence-corrected chi connectivity index (χ1v) is 7.83. The molecular weight excluding hydrogens is 260 g/mol. The lowest BCUT2D eigenvalue weighted by molar-refractivity contribution is 0.538. The number of benzene rings is 1. The molecule has 0 aliphatic rings. The monoisotopic (exact) mass is 278 g/mol. The van der Waals surface area contributed by atoms with Gasteiger partial charge in [0.2, 0.25) is 0 Å². The molecule has 0 amide bonds. The van der Waals surface area contributed by atoms with Gasteiger partial charge in [-0.2, -0.15) is 0 Å². The Kier molecular flexibility index (Phi) is 5.27. The molecule has 96 valence electrons. The molecule has 1 unspecified atom stereocenters. The number of rotatable bonds is 6. The zero-order valence-electron chi connectivity index (χ0n) is 10.7. The Hall–Kier alpha value is -0.790. The van der Waals surface area contributed by atoms with E-state index in [4.69, 9.17) is 11.6 Å². The molecule has 0 N–H and O–H groups in total. The Balaban J connectivity index is 1.87. The molecule has 0 saturated heterocycles. The van der Waals surface area contributed by atoms with Crippen molar-refractivity contribution in [2.24, 2.45) is 5.92 Å². The van der Waals surface area contributed by atoms with Crippen molar-refractivity contribution in [2.45, 2.75) is 26.2 Å². The van der Waals surface area contributed by atoms with Crippen LogP contribution in [0.25, 0.3) is 0 Å². The summed E-state index contributed by atoms with van der Waals surface area (Å²) in [6.45, 7) is 2.12. The van der Waals surface area contributed by atoms with E-state index < -0.39 is 0 Å². The molecule has 2 heteroatoms. The normalized spacial score (nSPS) is 12.6. The molecule has 0 aliphatic carbocycles. The Labute approximate surface area is 119 Å². The first-order chi connectivity index (χ1) is 8.78. The van der Waals surface area contributed by atoms with Gasteiger partial charge in [-0.15, -0.1) is 22.9 Å². The van der Waals surface area contributed by atoms with Crippen LogP contribution in [0.1, 0.15) is 22.4 Å². The summed E-state index contributed by atoms with van der Waals surface area (Å²) >= 11 is 7.93. The van der Waals surface area contributed by atoms with Gasteiger partial charge in [-0.3, -0.25) is 0 Å². The van der Waals surface area contributed by atoms with Crippen molar-refractivity contribution in [3.8, 4) is 0 Å². The highest BCUT2D eigenvalue weighted by Crippen LogP contribution is 2.19. The van der Waals surface area contributed by atoms with Crippen LogP contribution in [0.15, 0.2) is 41.8 Å². The van der Waals surface area contributed by atoms with Gasteiger partial charge in [0.25, 0.3) is 0 Å². The standard InChI is InChI=1S/C16H19ClS/c1-13-4-6-14(7-5-13)11-15(12-17)8-9-16-3-2-10-18-16/h2-7,10,15H,8-9,11-12H2,1H3. The summed E-state index contributed by atoms with van der Waals surface area (Å²) < 4.78 is 0. The highest BCUT2D eigenvalue weighted by molar-refractivity contribution is 7.09. The summed E-state index contributed by atoms with van der Waals surface area (Å²) in [5.74, 6) is 1.33. The van der Waals surface area contributed by atoms with Gasteiger partial charge in [-0.25, -0.2) is 0 Å². The quantitative estimate of drug-likeness (QED) is 0.646. The third-order valence-corrected chi connectivity index (χ3v) is 4.61. The average molecular weight is 279 g/mol. The fourth-order valence-electron chi connectivity index (χ4n) is 2.09. The molecule has 0 spiro atoms. The van der Waals surface area contributed by atoms with Crippen molar-refractivity contribution in [1.82, 2.24) is 0 Å². The zero-order chi connectivity index (χ0) is 12.8. The van der Waals surface area contributed by atoms with E-state index in [1.165, 1.54) is 22.4 Å². The van der Waals surface area contributed by atoms with E-state index in [0.29, 0.717) is 5.92 Å². The minimum Gasteiger partial charge on any atom is -0.149 e. The maximum absolute atomic E-state index is 6.09. The molecule has 0 fully saturated rings. The fourth-order valence-corrected chi connectivity index (χ4v) is 3.08. The van der Waals surface area contributed by atoms with Gasteiger partial charge >= 0.3 is 0 Å². The minimum atomic E-state index is 0.580. The smallest absolute Gasteiger partial charge is 0.0255 e. The number of hydrogen-bond acceptors (Lipinski definition) is 1. The Morgan fingerprint density at radius 3 is 2.56 bits per heavy atom. The molecule has 2 aromatic rings. The highest BCUT2D eigenvalue weighted by Gasteiger charge is 2.09. The van der Waals surface area contributed by atoms with Crippen LogP contribution >= 0.6 is 22.9 Å². The van der Waals surface area contributed by atoms with Crippen molar-refractivity contribution in [2.75, 3.05) is 5.88 Å². The van der Waals surface area contributed by atoms with Crippen molar-refractivity contribution >= 4 is 22.9 Å². The van der Waals surface area contributed by atoms with Crippen LogP contribution in [-0.4, -0.2) is 5.88 Å². The third-order valence-electron chi connectivity index (χ3n) is 3.24. The van der Waals surface area contributed by atoms with Crippen LogP contribution in [0.4, 0.5) is 0 Å². The van der Waals surface area contributed by atoms with Gasteiger partial charge in [-0.05, 0) is 49.1 Å². The molecule has 1 aromatic carbocycles.